The van der Waals surface area contributed by atoms with E-state index in [1.807, 2.05) is 50.1 Å². The van der Waals surface area contributed by atoms with Crippen molar-refractivity contribution in [2.45, 2.75) is 32.7 Å². The maximum absolute atomic E-state index is 5.87. The number of benzene rings is 1. The molecule has 7 nitrogen and oxygen atoms in total. The minimum absolute atomic E-state index is 0. The second kappa shape index (κ2) is 9.72. The second-order valence-corrected chi connectivity index (χ2v) is 6.53. The Bertz CT molecular complexity index is 854. The molecule has 0 aliphatic carbocycles. The van der Waals surface area contributed by atoms with Crippen molar-refractivity contribution in [3.05, 3.63) is 47.8 Å². The van der Waals surface area contributed by atoms with E-state index in [4.69, 9.17) is 8.94 Å². The van der Waals surface area contributed by atoms with E-state index in [9.17, 15) is 0 Å². The third-order valence-corrected chi connectivity index (χ3v) is 4.07. The van der Waals surface area contributed by atoms with Crippen molar-refractivity contribution < 1.29 is 8.94 Å². The van der Waals surface area contributed by atoms with Crippen molar-refractivity contribution in [2.24, 2.45) is 4.99 Å². The summed E-state index contributed by atoms with van der Waals surface area (Å²) in [6.45, 7) is 5.38. The SMILES string of the molecule is CN=C(NCCc1nc(C(C)C)no1)N(C)Cc1cc2ccccc2o1.I. The van der Waals surface area contributed by atoms with Crippen LogP contribution in [0.25, 0.3) is 11.0 Å². The van der Waals surface area contributed by atoms with Crippen LogP contribution in [0.2, 0.25) is 0 Å². The molecule has 0 fully saturated rings. The Balaban J connectivity index is 0.00000261. The minimum Gasteiger partial charge on any atom is -0.459 e. The number of rotatable bonds is 6. The molecular weight excluding hydrogens is 457 g/mol. The first-order chi connectivity index (χ1) is 12.6. The molecule has 0 aliphatic heterocycles. The molecular formula is C19H26IN5O2. The van der Waals surface area contributed by atoms with Crippen molar-refractivity contribution in [3.8, 4) is 0 Å². The average Bonchev–Trinajstić information content (AvgIpc) is 3.24. The Kier molecular flexibility index (Phi) is 7.64. The average molecular weight is 483 g/mol. The molecule has 146 valence electrons. The van der Waals surface area contributed by atoms with Gasteiger partial charge in [-0.05, 0) is 12.1 Å². The second-order valence-electron chi connectivity index (χ2n) is 6.53. The Hall–Kier alpha value is -2.10. The van der Waals surface area contributed by atoms with E-state index >= 15 is 0 Å². The number of halogens is 1. The summed E-state index contributed by atoms with van der Waals surface area (Å²) in [5.41, 5.74) is 0.899. The number of hydrogen-bond donors (Lipinski definition) is 1. The minimum atomic E-state index is 0. The molecule has 0 bridgehead atoms. The Morgan fingerprint density at radius 3 is 2.74 bits per heavy atom. The van der Waals surface area contributed by atoms with Gasteiger partial charge >= 0.3 is 0 Å². The van der Waals surface area contributed by atoms with Crippen LogP contribution in [0.3, 0.4) is 0 Å². The van der Waals surface area contributed by atoms with Gasteiger partial charge in [0.25, 0.3) is 0 Å². The van der Waals surface area contributed by atoms with Gasteiger partial charge in [0.1, 0.15) is 11.3 Å². The van der Waals surface area contributed by atoms with Gasteiger partial charge < -0.3 is 19.2 Å². The highest BCUT2D eigenvalue weighted by atomic mass is 127. The van der Waals surface area contributed by atoms with Crippen LogP contribution in [-0.2, 0) is 13.0 Å². The van der Waals surface area contributed by atoms with Gasteiger partial charge in [0, 0.05) is 38.4 Å². The number of aliphatic imine (C=N–C) groups is 1. The number of fused-ring (bicyclic) bond motifs is 1. The molecule has 0 radical (unpaired) electrons. The first-order valence-electron chi connectivity index (χ1n) is 8.78. The number of furan rings is 1. The van der Waals surface area contributed by atoms with Gasteiger partial charge in [-0.15, -0.1) is 24.0 Å². The van der Waals surface area contributed by atoms with Crippen LogP contribution in [0.4, 0.5) is 0 Å². The van der Waals surface area contributed by atoms with Crippen LogP contribution in [-0.4, -0.2) is 41.6 Å². The lowest BCUT2D eigenvalue weighted by atomic mass is 10.2. The van der Waals surface area contributed by atoms with E-state index in [2.05, 4.69) is 26.5 Å². The molecule has 2 heterocycles. The first kappa shape index (κ1) is 21.2. The van der Waals surface area contributed by atoms with E-state index in [1.54, 1.807) is 7.05 Å². The summed E-state index contributed by atoms with van der Waals surface area (Å²) in [6.07, 6.45) is 0.650. The van der Waals surface area contributed by atoms with Crippen molar-refractivity contribution in [1.29, 1.82) is 0 Å². The quantitative estimate of drug-likeness (QED) is 0.327. The summed E-state index contributed by atoms with van der Waals surface area (Å²) in [5, 5.41) is 8.40. The number of nitrogens with one attached hydrogen (secondary N) is 1. The highest BCUT2D eigenvalue weighted by Gasteiger charge is 2.12. The van der Waals surface area contributed by atoms with Crippen LogP contribution in [0.1, 0.15) is 37.2 Å². The summed E-state index contributed by atoms with van der Waals surface area (Å²) in [4.78, 5) is 10.7. The highest BCUT2D eigenvalue weighted by molar-refractivity contribution is 14.0. The first-order valence-corrected chi connectivity index (χ1v) is 8.78. The maximum Gasteiger partial charge on any atom is 0.228 e. The van der Waals surface area contributed by atoms with Crippen molar-refractivity contribution >= 4 is 40.9 Å². The smallest absolute Gasteiger partial charge is 0.228 e. The fourth-order valence-corrected chi connectivity index (χ4v) is 2.69. The third-order valence-electron chi connectivity index (χ3n) is 4.07. The zero-order valence-electron chi connectivity index (χ0n) is 16.1. The summed E-state index contributed by atoms with van der Waals surface area (Å²) in [5.74, 6) is 3.33. The van der Waals surface area contributed by atoms with E-state index in [0.29, 0.717) is 25.4 Å². The lowest BCUT2D eigenvalue weighted by Crippen LogP contribution is -2.39. The lowest BCUT2D eigenvalue weighted by Gasteiger charge is -2.20. The topological polar surface area (TPSA) is 79.7 Å². The molecule has 8 heteroatoms. The molecule has 0 amide bonds. The van der Waals surface area contributed by atoms with E-state index < -0.39 is 0 Å². The molecule has 0 unspecified atom stereocenters. The highest BCUT2D eigenvalue weighted by Crippen LogP contribution is 2.19. The largest absolute Gasteiger partial charge is 0.459 e. The summed E-state index contributed by atoms with van der Waals surface area (Å²) in [6, 6.07) is 10.1. The molecule has 1 aromatic carbocycles. The van der Waals surface area contributed by atoms with Crippen molar-refractivity contribution in [1.82, 2.24) is 20.4 Å². The summed E-state index contributed by atoms with van der Waals surface area (Å²) >= 11 is 0. The van der Waals surface area contributed by atoms with E-state index in [-0.39, 0.29) is 29.9 Å². The standard InChI is InChI=1S/C19H25N5O2.HI/c1-13(2)18-22-17(26-23-18)9-10-21-19(20-3)24(4)12-15-11-14-7-5-6-8-16(14)25-15;/h5-8,11,13H,9-10,12H2,1-4H3,(H,20,21);1H. The lowest BCUT2D eigenvalue weighted by molar-refractivity contribution is 0.369. The van der Waals surface area contributed by atoms with Crippen LogP contribution >= 0.6 is 24.0 Å². The predicted molar refractivity (Wildman–Crippen MR) is 117 cm³/mol. The molecule has 3 rings (SSSR count). The van der Waals surface area contributed by atoms with Gasteiger partial charge in [-0.2, -0.15) is 4.98 Å². The molecule has 1 N–H and O–H groups in total. The monoisotopic (exact) mass is 483 g/mol. The molecule has 0 atom stereocenters. The Labute approximate surface area is 176 Å². The van der Waals surface area contributed by atoms with Gasteiger partial charge in [0.15, 0.2) is 11.8 Å². The number of nitrogens with zero attached hydrogens (tertiary/aromatic N) is 4. The number of aromatic nitrogens is 2. The van der Waals surface area contributed by atoms with Crippen molar-refractivity contribution in [2.75, 3.05) is 20.6 Å². The normalized spacial score (nSPS) is 11.7. The fourth-order valence-electron chi connectivity index (χ4n) is 2.69. The number of para-hydroxylation sites is 1. The molecule has 3 aromatic rings. The predicted octanol–water partition coefficient (Wildman–Crippen LogP) is 3.81. The Morgan fingerprint density at radius 1 is 1.30 bits per heavy atom. The van der Waals surface area contributed by atoms with E-state index in [1.165, 1.54) is 0 Å². The molecule has 0 saturated carbocycles. The van der Waals surface area contributed by atoms with E-state index in [0.717, 1.165) is 28.5 Å². The molecule has 0 saturated heterocycles. The fraction of sp³-hybridized carbons (Fsp3) is 0.421. The third kappa shape index (κ3) is 5.44. The molecule has 0 aliphatic rings. The molecule has 27 heavy (non-hydrogen) atoms. The van der Waals surface area contributed by atoms with Gasteiger partial charge in [-0.25, -0.2) is 0 Å². The van der Waals surface area contributed by atoms with Gasteiger partial charge in [0.2, 0.25) is 5.89 Å². The van der Waals surface area contributed by atoms with Gasteiger partial charge in [0.05, 0.1) is 6.54 Å². The summed E-state index contributed by atoms with van der Waals surface area (Å²) in [7, 11) is 3.74. The van der Waals surface area contributed by atoms with Gasteiger partial charge in [-0.1, -0.05) is 37.2 Å². The maximum atomic E-state index is 5.87. The van der Waals surface area contributed by atoms with Crippen LogP contribution in [0.15, 0.2) is 44.3 Å². The van der Waals surface area contributed by atoms with Crippen LogP contribution < -0.4 is 5.32 Å². The molecule has 0 spiro atoms. The number of hydrogen-bond acceptors (Lipinski definition) is 5. The summed E-state index contributed by atoms with van der Waals surface area (Å²) < 4.78 is 11.1. The zero-order chi connectivity index (χ0) is 18.5. The van der Waals surface area contributed by atoms with Crippen LogP contribution in [0, 0.1) is 0 Å². The zero-order valence-corrected chi connectivity index (χ0v) is 18.4. The number of guanidine groups is 1. The van der Waals surface area contributed by atoms with Gasteiger partial charge in [-0.3, -0.25) is 4.99 Å². The molecule has 2 aromatic heterocycles. The Morgan fingerprint density at radius 2 is 2.07 bits per heavy atom. The van der Waals surface area contributed by atoms with Crippen LogP contribution in [0.5, 0.6) is 0 Å². The van der Waals surface area contributed by atoms with Crippen molar-refractivity contribution in [3.63, 3.8) is 0 Å².